The Labute approximate surface area is 324 Å². The molecule has 4 aromatic rings. The van der Waals surface area contributed by atoms with E-state index >= 15 is 0 Å². The van der Waals surface area contributed by atoms with Crippen molar-refractivity contribution < 1.29 is 35.9 Å². The number of piperazine rings is 1. The van der Waals surface area contributed by atoms with Crippen LogP contribution in [0.25, 0.3) is 33.8 Å². The summed E-state index contributed by atoms with van der Waals surface area (Å²) in [5.74, 6) is -0.746. The molecule has 298 valence electrons. The van der Waals surface area contributed by atoms with E-state index in [0.717, 1.165) is 60.9 Å². The third-order valence-electron chi connectivity index (χ3n) is 12.3. The number of amides is 2. The monoisotopic (exact) mass is 792 g/mol. The Bertz CT molecular complexity index is 2390. The molecule has 4 aliphatic rings. The van der Waals surface area contributed by atoms with Crippen LogP contribution >= 0.6 is 0 Å². The molecule has 2 bridgehead atoms. The molecular formula is C41H47F3N6O5S. The molecule has 1 aliphatic carbocycles. The van der Waals surface area contributed by atoms with Crippen molar-refractivity contribution in [3.63, 3.8) is 0 Å². The van der Waals surface area contributed by atoms with Gasteiger partial charge in [0.1, 0.15) is 5.75 Å². The standard InChI is InChI=1S/C41H47F3N6O5S/c1-6-48-21-29-19-28(48)22-49(29)40(52)35-36(47(4)45-38(35)41(42,43)44)27-16-26-17-30(55-5)13-15-31(26)37-34(24-10-8-7-9-11-24)32-14-12-25(18-33(32)50(37)20-27)39(51)46-56(53,54)23(2)3/h12-18,23-24,28-29H,6-11,19-22H2,1-5H3,(H,46,51)/t28-,29+/m1/s1. The predicted molar refractivity (Wildman–Crippen MR) is 208 cm³/mol. The van der Waals surface area contributed by atoms with Crippen molar-refractivity contribution in [3.8, 4) is 17.0 Å². The number of rotatable bonds is 8. The Balaban J connectivity index is 1.35. The molecule has 1 N–H and O–H groups in total. The summed E-state index contributed by atoms with van der Waals surface area (Å²) in [5.41, 5.74) is 3.02. The number of likely N-dealkylation sites (tertiary alicyclic amines) is 2. The van der Waals surface area contributed by atoms with Crippen LogP contribution in [-0.2, 0) is 29.8 Å². The highest BCUT2D eigenvalue weighted by molar-refractivity contribution is 7.90. The van der Waals surface area contributed by atoms with Gasteiger partial charge in [0.2, 0.25) is 10.0 Å². The van der Waals surface area contributed by atoms with Crippen LogP contribution in [0.15, 0.2) is 36.4 Å². The minimum Gasteiger partial charge on any atom is -0.497 e. The fourth-order valence-corrected chi connectivity index (χ4v) is 10.1. The van der Waals surface area contributed by atoms with Crippen LogP contribution in [0, 0.1) is 0 Å². The van der Waals surface area contributed by atoms with Crippen molar-refractivity contribution in [1.82, 2.24) is 28.9 Å². The minimum atomic E-state index is -4.90. The second-order valence-corrected chi connectivity index (χ2v) is 18.1. The molecule has 5 heterocycles. The SMILES string of the molecule is CCN1C[C@@H]2C[C@@H]1CN2C(=O)c1c(C(F)(F)F)nn(C)c1C1=Cc2cc(OC)ccc2-c2c(C3CCCCC3)c3ccc(C(=O)NS(=O)(=O)C(C)C)cc3n2C1. The first-order chi connectivity index (χ1) is 26.6. The second kappa shape index (κ2) is 14.1. The number of ether oxygens (including phenoxy) is 1. The maximum Gasteiger partial charge on any atom is 0.435 e. The van der Waals surface area contributed by atoms with E-state index in [1.165, 1.54) is 25.6 Å². The van der Waals surface area contributed by atoms with Gasteiger partial charge >= 0.3 is 6.18 Å². The molecule has 3 aliphatic heterocycles. The van der Waals surface area contributed by atoms with E-state index in [9.17, 15) is 31.2 Å². The van der Waals surface area contributed by atoms with Crippen molar-refractivity contribution in [2.24, 2.45) is 7.05 Å². The first-order valence-corrected chi connectivity index (χ1v) is 21.0. The first kappa shape index (κ1) is 38.3. The molecule has 2 saturated heterocycles. The molecule has 2 aromatic heterocycles. The van der Waals surface area contributed by atoms with Gasteiger partial charge in [0.05, 0.1) is 35.9 Å². The van der Waals surface area contributed by atoms with Gasteiger partial charge in [-0.2, -0.15) is 18.3 Å². The van der Waals surface area contributed by atoms with Crippen molar-refractivity contribution in [2.45, 2.75) is 95.3 Å². The minimum absolute atomic E-state index is 0.0394. The Kier molecular flexibility index (Phi) is 9.62. The molecule has 3 fully saturated rings. The number of hydrogen-bond donors (Lipinski definition) is 1. The van der Waals surface area contributed by atoms with Gasteiger partial charge in [-0.1, -0.05) is 32.3 Å². The number of benzene rings is 2. The molecule has 0 spiro atoms. The van der Waals surface area contributed by atoms with Crippen LogP contribution < -0.4 is 9.46 Å². The Hall–Kier alpha value is -4.63. The number of fused-ring (bicyclic) bond motifs is 7. The lowest BCUT2D eigenvalue weighted by molar-refractivity contribution is -0.141. The molecule has 0 radical (unpaired) electrons. The van der Waals surface area contributed by atoms with Crippen LogP contribution in [0.1, 0.15) is 108 Å². The number of halogens is 3. The van der Waals surface area contributed by atoms with E-state index in [1.54, 1.807) is 24.1 Å². The van der Waals surface area contributed by atoms with Gasteiger partial charge in [-0.25, -0.2) is 13.1 Å². The number of hydrogen-bond acceptors (Lipinski definition) is 7. The maximum atomic E-state index is 14.9. The number of aryl methyl sites for hydroxylation is 1. The topological polar surface area (TPSA) is 119 Å². The summed E-state index contributed by atoms with van der Waals surface area (Å²) in [5, 5.41) is 4.04. The number of nitrogens with zero attached hydrogens (tertiary/aromatic N) is 5. The third-order valence-corrected chi connectivity index (χ3v) is 14.0. The molecule has 0 unspecified atom stereocenters. The summed E-state index contributed by atoms with van der Waals surface area (Å²) in [6, 6.07) is 10.7. The molecule has 56 heavy (non-hydrogen) atoms. The second-order valence-electron chi connectivity index (χ2n) is 15.8. The van der Waals surface area contributed by atoms with Gasteiger partial charge in [-0.15, -0.1) is 0 Å². The summed E-state index contributed by atoms with van der Waals surface area (Å²) in [4.78, 5) is 31.9. The zero-order valence-corrected chi connectivity index (χ0v) is 33.1. The average Bonchev–Trinajstić information content (AvgIpc) is 3.92. The fraction of sp³-hybridized carbons (Fsp3) is 0.488. The van der Waals surface area contributed by atoms with E-state index in [-0.39, 0.29) is 35.8 Å². The zero-order chi connectivity index (χ0) is 39.8. The lowest BCUT2D eigenvalue weighted by Gasteiger charge is -2.33. The van der Waals surface area contributed by atoms with E-state index < -0.39 is 44.5 Å². The number of sulfonamides is 1. The van der Waals surface area contributed by atoms with E-state index in [1.807, 2.05) is 41.8 Å². The number of methoxy groups -OCH3 is 1. The highest BCUT2D eigenvalue weighted by atomic mass is 32.2. The number of carbonyl (C=O) groups is 2. The number of nitrogens with one attached hydrogen (secondary N) is 1. The molecule has 2 aromatic carbocycles. The Morgan fingerprint density at radius 2 is 1.77 bits per heavy atom. The average molecular weight is 793 g/mol. The molecule has 2 atom stereocenters. The van der Waals surface area contributed by atoms with Gasteiger partial charge < -0.3 is 14.2 Å². The van der Waals surface area contributed by atoms with Gasteiger partial charge in [0.15, 0.2) is 5.69 Å². The third kappa shape index (κ3) is 6.40. The smallest absolute Gasteiger partial charge is 0.435 e. The Morgan fingerprint density at radius 3 is 2.41 bits per heavy atom. The number of likely N-dealkylation sites (N-methyl/N-ethyl adjacent to an activating group) is 1. The largest absolute Gasteiger partial charge is 0.497 e. The predicted octanol–water partition coefficient (Wildman–Crippen LogP) is 7.06. The van der Waals surface area contributed by atoms with Crippen LogP contribution in [-0.4, -0.2) is 88.5 Å². The normalized spacial score (nSPS) is 20.3. The number of allylic oxidation sites excluding steroid dienone is 1. The van der Waals surface area contributed by atoms with Crippen LogP contribution in [0.2, 0.25) is 0 Å². The van der Waals surface area contributed by atoms with Crippen molar-refractivity contribution >= 4 is 44.4 Å². The summed E-state index contributed by atoms with van der Waals surface area (Å²) >= 11 is 0. The fourth-order valence-electron chi connectivity index (χ4n) is 9.45. The van der Waals surface area contributed by atoms with Gasteiger partial charge in [0, 0.05) is 54.3 Å². The Morgan fingerprint density at radius 1 is 1.02 bits per heavy atom. The van der Waals surface area contributed by atoms with Crippen LogP contribution in [0.3, 0.4) is 0 Å². The summed E-state index contributed by atoms with van der Waals surface area (Å²) in [7, 11) is -0.945. The number of carbonyl (C=O) groups excluding carboxylic acids is 2. The van der Waals surface area contributed by atoms with E-state index in [2.05, 4.69) is 14.7 Å². The van der Waals surface area contributed by atoms with Crippen molar-refractivity contribution in [2.75, 3.05) is 26.7 Å². The van der Waals surface area contributed by atoms with E-state index in [4.69, 9.17) is 4.74 Å². The zero-order valence-electron chi connectivity index (χ0n) is 32.2. The molecule has 11 nitrogen and oxygen atoms in total. The summed E-state index contributed by atoms with van der Waals surface area (Å²) in [6.07, 6.45) is 2.72. The molecular weight excluding hydrogens is 746 g/mol. The van der Waals surface area contributed by atoms with Gasteiger partial charge in [-0.3, -0.25) is 19.2 Å². The summed E-state index contributed by atoms with van der Waals surface area (Å²) in [6.45, 7) is 6.81. The van der Waals surface area contributed by atoms with E-state index in [0.29, 0.717) is 41.9 Å². The van der Waals surface area contributed by atoms with Gasteiger partial charge in [0.25, 0.3) is 11.8 Å². The highest BCUT2D eigenvalue weighted by Gasteiger charge is 2.49. The number of aromatic nitrogens is 3. The first-order valence-electron chi connectivity index (χ1n) is 19.4. The molecule has 15 heteroatoms. The highest BCUT2D eigenvalue weighted by Crippen LogP contribution is 2.49. The van der Waals surface area contributed by atoms with Crippen molar-refractivity contribution in [1.29, 1.82) is 0 Å². The maximum absolute atomic E-state index is 14.9. The molecule has 1 saturated carbocycles. The molecule has 8 rings (SSSR count). The van der Waals surface area contributed by atoms with Gasteiger partial charge in [-0.05, 0) is 98.7 Å². The molecule has 2 amide bonds. The van der Waals surface area contributed by atoms with Crippen LogP contribution in [0.4, 0.5) is 13.2 Å². The quantitative estimate of drug-likeness (QED) is 0.203. The number of alkyl halides is 3. The summed E-state index contributed by atoms with van der Waals surface area (Å²) < 4.78 is 81.3. The van der Waals surface area contributed by atoms with Crippen LogP contribution in [0.5, 0.6) is 5.75 Å². The lowest BCUT2D eigenvalue weighted by Crippen LogP contribution is -2.49. The van der Waals surface area contributed by atoms with Crippen molar-refractivity contribution in [3.05, 3.63) is 70.0 Å². The lowest BCUT2D eigenvalue weighted by atomic mass is 9.81.